The zero-order chi connectivity index (χ0) is 27.1. The van der Waals surface area contributed by atoms with Crippen molar-refractivity contribution in [3.63, 3.8) is 0 Å². The topological polar surface area (TPSA) is 93.1 Å². The normalized spacial score (nSPS) is 16.0. The molecule has 0 rings (SSSR count). The summed E-state index contributed by atoms with van der Waals surface area (Å²) in [5.74, 6) is -1.19. The highest BCUT2D eigenvalue weighted by atomic mass is 32.1. The monoisotopic (exact) mass is 551 g/mol. The molecule has 0 radical (unpaired) electrons. The van der Waals surface area contributed by atoms with Crippen LogP contribution in [0.2, 0.25) is 0 Å². The molecule has 36 heavy (non-hydrogen) atoms. The Bertz CT molecular complexity index is 538. The van der Waals surface area contributed by atoms with Gasteiger partial charge in [0.25, 0.3) is 0 Å². The smallest absolute Gasteiger partial charge is 0.472 e. The van der Waals surface area contributed by atoms with E-state index in [-0.39, 0.29) is 0 Å². The zero-order valence-corrected chi connectivity index (χ0v) is 25.2. The number of thiol groups is 1. The predicted molar refractivity (Wildman–Crippen MR) is 153 cm³/mol. The van der Waals surface area contributed by atoms with Gasteiger partial charge in [-0.3, -0.25) is 4.74 Å². The van der Waals surface area contributed by atoms with Crippen LogP contribution in [0.4, 0.5) is 0 Å². The maximum absolute atomic E-state index is 11.2. The summed E-state index contributed by atoms with van der Waals surface area (Å²) in [6.07, 6.45) is 23.3. The van der Waals surface area contributed by atoms with Gasteiger partial charge in [0.2, 0.25) is 0 Å². The SMILES string of the molecule is CCCCCCCCCCCCCC(CCCCCCC)CC(S)OC(CC)OC(O)([PH+]=O)C(=O)O. The van der Waals surface area contributed by atoms with Crippen LogP contribution in [0.3, 0.4) is 0 Å². The molecule has 0 aliphatic rings. The van der Waals surface area contributed by atoms with Gasteiger partial charge in [-0.15, -0.1) is 12.6 Å². The molecule has 0 spiro atoms. The first-order valence-electron chi connectivity index (χ1n) is 14.7. The van der Waals surface area contributed by atoms with Gasteiger partial charge < -0.3 is 14.9 Å². The van der Waals surface area contributed by atoms with Crippen molar-refractivity contribution < 1.29 is 29.0 Å². The van der Waals surface area contributed by atoms with Crippen LogP contribution in [-0.4, -0.2) is 33.4 Å². The van der Waals surface area contributed by atoms with Crippen molar-refractivity contribution in [2.45, 2.75) is 166 Å². The minimum atomic E-state index is -2.75. The second-order valence-corrected chi connectivity index (χ2v) is 11.7. The fourth-order valence-corrected chi connectivity index (χ4v) is 5.25. The number of hydrogen-bond donors (Lipinski definition) is 3. The molecule has 0 bridgehead atoms. The second-order valence-electron chi connectivity index (χ2n) is 10.2. The minimum Gasteiger partial charge on any atom is -0.474 e. The van der Waals surface area contributed by atoms with Crippen LogP contribution >= 0.6 is 21.1 Å². The molecular weight excluding hydrogens is 495 g/mol. The number of carbonyl (C=O) groups is 1. The summed E-state index contributed by atoms with van der Waals surface area (Å²) in [6.45, 7) is 6.25. The van der Waals surface area contributed by atoms with Gasteiger partial charge >= 0.3 is 20.0 Å². The van der Waals surface area contributed by atoms with Gasteiger partial charge in [-0.2, -0.15) is 0 Å². The second kappa shape index (κ2) is 23.9. The Morgan fingerprint density at radius 2 is 1.22 bits per heavy atom. The van der Waals surface area contributed by atoms with Crippen molar-refractivity contribution in [1.82, 2.24) is 0 Å². The Kier molecular flexibility index (Phi) is 23.8. The molecule has 0 heterocycles. The Labute approximate surface area is 228 Å². The van der Waals surface area contributed by atoms with Crippen molar-refractivity contribution >= 4 is 27.1 Å². The molecule has 0 saturated carbocycles. The Morgan fingerprint density at radius 3 is 1.58 bits per heavy atom. The number of aliphatic carboxylic acids is 1. The molecule has 214 valence electrons. The third-order valence-electron chi connectivity index (χ3n) is 6.84. The van der Waals surface area contributed by atoms with E-state index in [1.54, 1.807) is 6.92 Å². The van der Waals surface area contributed by atoms with E-state index >= 15 is 0 Å². The lowest BCUT2D eigenvalue weighted by Gasteiger charge is -2.26. The Balaban J connectivity index is 4.47. The van der Waals surface area contributed by atoms with E-state index in [1.165, 1.54) is 103 Å². The maximum atomic E-state index is 11.2. The summed E-state index contributed by atoms with van der Waals surface area (Å²) in [7, 11) is -1.55. The molecule has 0 fully saturated rings. The molecule has 0 amide bonds. The highest BCUT2D eigenvalue weighted by Crippen LogP contribution is 2.29. The lowest BCUT2D eigenvalue weighted by molar-refractivity contribution is -0.256. The van der Waals surface area contributed by atoms with Crippen LogP contribution in [0.25, 0.3) is 0 Å². The summed E-state index contributed by atoms with van der Waals surface area (Å²) in [5.41, 5.74) is -3.18. The molecule has 0 saturated heterocycles. The average Bonchev–Trinajstić information content (AvgIpc) is 2.86. The van der Waals surface area contributed by atoms with Crippen LogP contribution in [-0.2, 0) is 18.8 Å². The lowest BCUT2D eigenvalue weighted by atomic mass is 9.91. The summed E-state index contributed by atoms with van der Waals surface area (Å²) in [5, 5.41) is 19.0. The molecule has 6 nitrogen and oxygen atoms in total. The standard InChI is InChI=1S/C28H55O6PS/c1-4-7-9-11-12-13-14-15-16-18-20-22-24(21-19-17-10-8-5-2)23-26(36)33-25(6-3)34-28(31,35-32)27(29)30/h24-26,31,36H,4-23H2,1-3H3,(H,29,30)/p+1. The van der Waals surface area contributed by atoms with Gasteiger partial charge in [0.15, 0.2) is 6.29 Å². The first-order chi connectivity index (χ1) is 17.3. The predicted octanol–water partition coefficient (Wildman–Crippen LogP) is 8.83. The molecule has 2 N–H and O–H groups in total. The van der Waals surface area contributed by atoms with E-state index in [0.29, 0.717) is 12.3 Å². The highest BCUT2D eigenvalue weighted by Gasteiger charge is 2.50. The largest absolute Gasteiger partial charge is 0.474 e. The van der Waals surface area contributed by atoms with Crippen molar-refractivity contribution in [2.75, 3.05) is 0 Å². The first-order valence-corrected chi connectivity index (χ1v) is 16.1. The fourth-order valence-electron chi connectivity index (χ4n) is 4.55. The van der Waals surface area contributed by atoms with E-state index in [2.05, 4.69) is 26.5 Å². The quantitative estimate of drug-likeness (QED) is 0.0409. The molecule has 0 aliphatic carbocycles. The highest BCUT2D eigenvalue weighted by molar-refractivity contribution is 7.80. The number of ether oxygens (including phenoxy) is 2. The molecule has 0 aliphatic heterocycles. The van der Waals surface area contributed by atoms with Gasteiger partial charge in [0, 0.05) is 0 Å². The number of carboxylic acids is 1. The number of aliphatic hydroxyl groups is 1. The first kappa shape index (κ1) is 35.8. The van der Waals surface area contributed by atoms with E-state index in [9.17, 15) is 14.5 Å². The van der Waals surface area contributed by atoms with E-state index in [1.807, 2.05) is 0 Å². The third-order valence-corrected chi connectivity index (χ3v) is 7.78. The van der Waals surface area contributed by atoms with Crippen molar-refractivity contribution in [3.8, 4) is 0 Å². The van der Waals surface area contributed by atoms with Crippen LogP contribution in [0.1, 0.15) is 149 Å². The lowest BCUT2D eigenvalue weighted by Crippen LogP contribution is -2.40. The molecule has 5 unspecified atom stereocenters. The third kappa shape index (κ3) is 19.0. The molecule has 8 heteroatoms. The molecular formula is C28H56O6PS+. The van der Waals surface area contributed by atoms with Crippen molar-refractivity contribution in [2.24, 2.45) is 5.92 Å². The van der Waals surface area contributed by atoms with Gasteiger partial charge in [0.1, 0.15) is 5.44 Å². The number of hydrogen-bond acceptors (Lipinski definition) is 6. The van der Waals surface area contributed by atoms with Gasteiger partial charge in [-0.25, -0.2) is 4.79 Å². The van der Waals surface area contributed by atoms with Crippen LogP contribution in [0.5, 0.6) is 0 Å². The van der Waals surface area contributed by atoms with Gasteiger partial charge in [0.05, 0.1) is 0 Å². The molecule has 0 aromatic heterocycles. The molecule has 5 atom stereocenters. The summed E-state index contributed by atoms with van der Waals surface area (Å²) >= 11 is 4.60. The maximum Gasteiger partial charge on any atom is 0.472 e. The van der Waals surface area contributed by atoms with E-state index in [4.69, 9.17) is 14.6 Å². The molecule has 0 aromatic rings. The summed E-state index contributed by atoms with van der Waals surface area (Å²) in [4.78, 5) is 11.2. The van der Waals surface area contributed by atoms with Gasteiger partial charge in [-0.05, 0) is 18.8 Å². The number of unbranched alkanes of at least 4 members (excludes halogenated alkanes) is 14. The van der Waals surface area contributed by atoms with Crippen molar-refractivity contribution in [3.05, 3.63) is 0 Å². The van der Waals surface area contributed by atoms with Crippen LogP contribution in [0.15, 0.2) is 0 Å². The number of carboxylic acid groups (broad SMARTS) is 1. The Morgan fingerprint density at radius 1 is 0.806 bits per heavy atom. The minimum absolute atomic E-state index is 0.317. The number of rotatable bonds is 27. The Hall–Kier alpha value is -0.200. The summed E-state index contributed by atoms with van der Waals surface area (Å²) in [6, 6.07) is 0. The van der Waals surface area contributed by atoms with E-state index < -0.39 is 31.7 Å². The molecule has 0 aromatic carbocycles. The fraction of sp³-hybridized carbons (Fsp3) is 0.964. The zero-order valence-electron chi connectivity index (χ0n) is 23.3. The van der Waals surface area contributed by atoms with Crippen LogP contribution < -0.4 is 0 Å². The van der Waals surface area contributed by atoms with Crippen molar-refractivity contribution in [1.29, 1.82) is 0 Å². The van der Waals surface area contributed by atoms with E-state index in [0.717, 1.165) is 19.3 Å². The average molecular weight is 552 g/mol. The summed E-state index contributed by atoms with van der Waals surface area (Å²) < 4.78 is 22.1. The van der Waals surface area contributed by atoms with Gasteiger partial charge in [-0.1, -0.05) is 141 Å². The van der Waals surface area contributed by atoms with Crippen LogP contribution in [0, 0.1) is 5.92 Å².